The fraction of sp³-hybridized carbons (Fsp3) is 0.174. The van der Waals surface area contributed by atoms with Crippen molar-refractivity contribution < 1.29 is 4.79 Å². The number of hydrogen-bond donors (Lipinski definition) is 1. The lowest BCUT2D eigenvalue weighted by molar-refractivity contribution is -0.124. The summed E-state index contributed by atoms with van der Waals surface area (Å²) in [5.41, 5.74) is 4.43. The lowest BCUT2D eigenvalue weighted by atomic mass is 10.1. The van der Waals surface area contributed by atoms with Gasteiger partial charge in [-0.25, -0.2) is 4.68 Å². The standard InChI is InChI=1S/C23H22ClN5O/c1-16-21(24)15-28(26-16)17(2)23(30)25-13-19-14-29(20-11-7-4-8-12-20)27-22(19)18-9-5-3-6-10-18/h3-12,14-15,17H,13H2,1-2H3,(H,25,30). The van der Waals surface area contributed by atoms with Crippen molar-refractivity contribution in [2.45, 2.75) is 26.4 Å². The van der Waals surface area contributed by atoms with Gasteiger partial charge in [0.15, 0.2) is 0 Å². The molecule has 4 rings (SSSR count). The molecule has 7 heteroatoms. The molecule has 30 heavy (non-hydrogen) atoms. The summed E-state index contributed by atoms with van der Waals surface area (Å²) in [6.07, 6.45) is 3.63. The maximum atomic E-state index is 12.7. The number of carbonyl (C=O) groups excluding carboxylic acids is 1. The number of halogens is 1. The minimum atomic E-state index is -0.472. The van der Waals surface area contributed by atoms with Crippen molar-refractivity contribution in [3.63, 3.8) is 0 Å². The van der Waals surface area contributed by atoms with Crippen molar-refractivity contribution in [3.05, 3.63) is 89.3 Å². The highest BCUT2D eigenvalue weighted by molar-refractivity contribution is 6.31. The third-order valence-electron chi connectivity index (χ3n) is 4.94. The van der Waals surface area contributed by atoms with Crippen LogP contribution in [0, 0.1) is 6.92 Å². The number of amides is 1. The van der Waals surface area contributed by atoms with E-state index in [0.717, 1.165) is 22.5 Å². The van der Waals surface area contributed by atoms with Gasteiger partial charge in [0.05, 0.1) is 22.1 Å². The van der Waals surface area contributed by atoms with Gasteiger partial charge in [0.25, 0.3) is 0 Å². The average Bonchev–Trinajstić information content (AvgIpc) is 3.36. The van der Waals surface area contributed by atoms with E-state index in [1.807, 2.05) is 78.5 Å². The van der Waals surface area contributed by atoms with Crippen LogP contribution in [0.2, 0.25) is 5.02 Å². The van der Waals surface area contributed by atoms with Crippen LogP contribution in [0.15, 0.2) is 73.1 Å². The zero-order valence-electron chi connectivity index (χ0n) is 16.8. The number of nitrogens with zero attached hydrogens (tertiary/aromatic N) is 4. The van der Waals surface area contributed by atoms with Crippen LogP contribution in [0.3, 0.4) is 0 Å². The predicted molar refractivity (Wildman–Crippen MR) is 118 cm³/mol. The molecule has 2 aromatic carbocycles. The van der Waals surface area contributed by atoms with E-state index >= 15 is 0 Å². The van der Waals surface area contributed by atoms with Crippen molar-refractivity contribution in [1.82, 2.24) is 24.9 Å². The molecule has 1 unspecified atom stereocenters. The number of aryl methyl sites for hydroxylation is 1. The molecule has 1 amide bonds. The molecule has 6 nitrogen and oxygen atoms in total. The number of rotatable bonds is 6. The smallest absolute Gasteiger partial charge is 0.244 e. The Labute approximate surface area is 180 Å². The number of carbonyl (C=O) groups is 1. The zero-order valence-corrected chi connectivity index (χ0v) is 17.5. The number of hydrogen-bond acceptors (Lipinski definition) is 3. The first kappa shape index (κ1) is 19.9. The molecule has 0 aliphatic heterocycles. The Morgan fingerprint density at radius 3 is 2.33 bits per heavy atom. The summed E-state index contributed by atoms with van der Waals surface area (Å²) in [4.78, 5) is 12.7. The third-order valence-corrected chi connectivity index (χ3v) is 5.32. The Kier molecular flexibility index (Phi) is 5.68. The Hall–Kier alpha value is -3.38. The molecule has 0 aliphatic carbocycles. The fourth-order valence-electron chi connectivity index (χ4n) is 3.20. The summed E-state index contributed by atoms with van der Waals surface area (Å²) in [7, 11) is 0. The van der Waals surface area contributed by atoms with Crippen LogP contribution in [-0.4, -0.2) is 25.5 Å². The summed E-state index contributed by atoms with van der Waals surface area (Å²) < 4.78 is 3.42. The molecule has 1 atom stereocenters. The first-order valence-corrected chi connectivity index (χ1v) is 10.1. The Balaban J connectivity index is 1.58. The molecular formula is C23H22ClN5O. The molecule has 0 bridgehead atoms. The maximum Gasteiger partial charge on any atom is 0.244 e. The van der Waals surface area contributed by atoms with Gasteiger partial charge in [-0.1, -0.05) is 60.1 Å². The van der Waals surface area contributed by atoms with Crippen molar-refractivity contribution in [1.29, 1.82) is 0 Å². The van der Waals surface area contributed by atoms with Crippen LogP contribution in [0.4, 0.5) is 0 Å². The second-order valence-corrected chi connectivity index (χ2v) is 7.49. The van der Waals surface area contributed by atoms with Gasteiger partial charge >= 0.3 is 0 Å². The normalized spacial score (nSPS) is 12.0. The molecular weight excluding hydrogens is 398 g/mol. The minimum absolute atomic E-state index is 0.138. The van der Waals surface area contributed by atoms with Gasteiger partial charge in [0, 0.05) is 30.1 Å². The van der Waals surface area contributed by atoms with E-state index < -0.39 is 6.04 Å². The highest BCUT2D eigenvalue weighted by atomic mass is 35.5. The number of benzene rings is 2. The summed E-state index contributed by atoms with van der Waals surface area (Å²) >= 11 is 6.07. The number of aromatic nitrogens is 4. The lowest BCUT2D eigenvalue weighted by Crippen LogP contribution is -2.31. The molecule has 0 spiro atoms. The highest BCUT2D eigenvalue weighted by Gasteiger charge is 2.19. The van der Waals surface area contributed by atoms with Crippen molar-refractivity contribution >= 4 is 17.5 Å². The monoisotopic (exact) mass is 419 g/mol. The van der Waals surface area contributed by atoms with Gasteiger partial charge in [-0.3, -0.25) is 9.48 Å². The largest absolute Gasteiger partial charge is 0.350 e. The van der Waals surface area contributed by atoms with Crippen molar-refractivity contribution in [2.75, 3.05) is 0 Å². The average molecular weight is 420 g/mol. The van der Waals surface area contributed by atoms with Gasteiger partial charge in [-0.05, 0) is 26.0 Å². The fourth-order valence-corrected chi connectivity index (χ4v) is 3.34. The molecule has 0 saturated carbocycles. The Bertz CT molecular complexity index is 1130. The van der Waals surface area contributed by atoms with E-state index in [2.05, 4.69) is 10.4 Å². The van der Waals surface area contributed by atoms with Crippen LogP contribution < -0.4 is 5.32 Å². The summed E-state index contributed by atoms with van der Waals surface area (Å²) in [6.45, 7) is 3.96. The molecule has 0 radical (unpaired) electrons. The molecule has 0 saturated heterocycles. The SMILES string of the molecule is Cc1nn(C(C)C(=O)NCc2cn(-c3ccccc3)nc2-c2ccccc2)cc1Cl. The maximum absolute atomic E-state index is 12.7. The van der Waals surface area contributed by atoms with E-state index in [1.165, 1.54) is 0 Å². The number of para-hydroxylation sites is 1. The molecule has 2 aromatic heterocycles. The molecule has 4 aromatic rings. The van der Waals surface area contributed by atoms with Crippen LogP contribution in [-0.2, 0) is 11.3 Å². The minimum Gasteiger partial charge on any atom is -0.350 e. The summed E-state index contributed by atoms with van der Waals surface area (Å²) in [6, 6.07) is 19.4. The van der Waals surface area contributed by atoms with Gasteiger partial charge < -0.3 is 5.32 Å². The second kappa shape index (κ2) is 8.55. The Morgan fingerprint density at radius 2 is 1.70 bits per heavy atom. The highest BCUT2D eigenvalue weighted by Crippen LogP contribution is 2.24. The first-order valence-electron chi connectivity index (χ1n) is 9.71. The van der Waals surface area contributed by atoms with Gasteiger partial charge in [0.2, 0.25) is 5.91 Å². The van der Waals surface area contributed by atoms with Crippen molar-refractivity contribution in [3.8, 4) is 16.9 Å². The second-order valence-electron chi connectivity index (χ2n) is 7.09. The van der Waals surface area contributed by atoms with E-state index in [-0.39, 0.29) is 5.91 Å². The Morgan fingerprint density at radius 1 is 1.03 bits per heavy atom. The van der Waals surface area contributed by atoms with Crippen LogP contribution >= 0.6 is 11.6 Å². The molecule has 2 heterocycles. The van der Waals surface area contributed by atoms with Crippen LogP contribution in [0.25, 0.3) is 16.9 Å². The molecule has 0 fully saturated rings. The first-order chi connectivity index (χ1) is 14.5. The topological polar surface area (TPSA) is 64.7 Å². The quantitative estimate of drug-likeness (QED) is 0.497. The van der Waals surface area contributed by atoms with Gasteiger partial charge in [0.1, 0.15) is 6.04 Å². The zero-order chi connectivity index (χ0) is 21.1. The summed E-state index contributed by atoms with van der Waals surface area (Å²) in [5.74, 6) is -0.138. The van der Waals surface area contributed by atoms with Crippen LogP contribution in [0.1, 0.15) is 24.2 Å². The van der Waals surface area contributed by atoms with E-state index in [9.17, 15) is 4.79 Å². The predicted octanol–water partition coefficient (Wildman–Crippen LogP) is 4.58. The van der Waals surface area contributed by atoms with Gasteiger partial charge in [-0.2, -0.15) is 10.2 Å². The van der Waals surface area contributed by atoms with Gasteiger partial charge in [-0.15, -0.1) is 0 Å². The number of nitrogens with one attached hydrogen (secondary N) is 1. The molecule has 0 aliphatic rings. The molecule has 1 N–H and O–H groups in total. The van der Waals surface area contributed by atoms with Crippen LogP contribution in [0.5, 0.6) is 0 Å². The molecule has 152 valence electrons. The van der Waals surface area contributed by atoms with Crippen molar-refractivity contribution in [2.24, 2.45) is 0 Å². The summed E-state index contributed by atoms with van der Waals surface area (Å²) in [5, 5.41) is 12.6. The van der Waals surface area contributed by atoms with E-state index in [1.54, 1.807) is 17.8 Å². The van der Waals surface area contributed by atoms with E-state index in [0.29, 0.717) is 17.3 Å². The van der Waals surface area contributed by atoms with E-state index in [4.69, 9.17) is 16.7 Å². The third kappa shape index (κ3) is 4.14. The lowest BCUT2D eigenvalue weighted by Gasteiger charge is -2.12.